The Balaban J connectivity index is 1.95. The van der Waals surface area contributed by atoms with Gasteiger partial charge in [-0.2, -0.15) is 0 Å². The smallest absolute Gasteiger partial charge is 0.305 e. The number of carbonyl (C=O) groups excluding carboxylic acids is 1. The van der Waals surface area contributed by atoms with Gasteiger partial charge in [0.1, 0.15) is 0 Å². The van der Waals surface area contributed by atoms with Crippen LogP contribution < -0.4 is 5.32 Å². The van der Waals surface area contributed by atoms with Crippen molar-refractivity contribution in [1.29, 1.82) is 0 Å². The van der Waals surface area contributed by atoms with Crippen molar-refractivity contribution < 1.29 is 14.7 Å². The maximum absolute atomic E-state index is 12.4. The van der Waals surface area contributed by atoms with Gasteiger partial charge in [-0.15, -0.1) is 0 Å². The molecule has 0 saturated carbocycles. The molecule has 2 unspecified atom stereocenters. The molecule has 0 radical (unpaired) electrons. The molecule has 102 valence electrons. The van der Waals surface area contributed by atoms with Crippen LogP contribution in [0.5, 0.6) is 0 Å². The van der Waals surface area contributed by atoms with E-state index in [2.05, 4.69) is 5.32 Å². The molecule has 0 spiro atoms. The lowest BCUT2D eigenvalue weighted by atomic mass is 10.1. The summed E-state index contributed by atoms with van der Waals surface area (Å²) in [6.45, 7) is 1.61. The third kappa shape index (κ3) is 3.22. The van der Waals surface area contributed by atoms with Crippen LogP contribution in [0.2, 0.25) is 0 Å². The number of nitrogens with one attached hydrogen (secondary N) is 1. The Bertz CT molecular complexity index is 311. The quantitative estimate of drug-likeness (QED) is 0.788. The van der Waals surface area contributed by atoms with E-state index >= 15 is 0 Å². The number of carboxylic acids is 1. The Hall–Kier alpha value is -1.10. The molecule has 0 aromatic heterocycles. The number of carbonyl (C=O) groups is 2. The molecule has 2 rings (SSSR count). The second-order valence-electron chi connectivity index (χ2n) is 5.28. The SMILES string of the molecule is O=C(O)CC1CCCN1C(=O)C1CCCCCN1. The lowest BCUT2D eigenvalue weighted by Crippen LogP contribution is -2.48. The van der Waals surface area contributed by atoms with Gasteiger partial charge in [0, 0.05) is 12.6 Å². The summed E-state index contributed by atoms with van der Waals surface area (Å²) in [5, 5.41) is 12.2. The molecule has 5 heteroatoms. The number of aliphatic carboxylic acids is 1. The van der Waals surface area contributed by atoms with Crippen LogP contribution in [-0.2, 0) is 9.59 Å². The average molecular weight is 254 g/mol. The van der Waals surface area contributed by atoms with Gasteiger partial charge >= 0.3 is 5.97 Å². The fraction of sp³-hybridized carbons (Fsp3) is 0.846. The van der Waals surface area contributed by atoms with Gasteiger partial charge in [0.2, 0.25) is 5.91 Å². The van der Waals surface area contributed by atoms with Gasteiger partial charge in [0.15, 0.2) is 0 Å². The van der Waals surface area contributed by atoms with Gasteiger partial charge in [-0.25, -0.2) is 0 Å². The molecule has 0 aromatic rings. The summed E-state index contributed by atoms with van der Waals surface area (Å²) in [6, 6.07) is -0.193. The molecule has 2 fully saturated rings. The Morgan fingerprint density at radius 2 is 2.00 bits per heavy atom. The summed E-state index contributed by atoms with van der Waals surface area (Å²) >= 11 is 0. The molecular formula is C13H22N2O3. The molecule has 0 aliphatic carbocycles. The van der Waals surface area contributed by atoms with Crippen LogP contribution in [0.1, 0.15) is 44.9 Å². The first-order valence-electron chi connectivity index (χ1n) is 6.94. The molecule has 0 aromatic carbocycles. The van der Waals surface area contributed by atoms with E-state index in [0.29, 0.717) is 0 Å². The van der Waals surface area contributed by atoms with Crippen molar-refractivity contribution in [3.05, 3.63) is 0 Å². The van der Waals surface area contributed by atoms with E-state index in [0.717, 1.165) is 45.2 Å². The fourth-order valence-electron chi connectivity index (χ4n) is 2.98. The Morgan fingerprint density at radius 1 is 1.17 bits per heavy atom. The van der Waals surface area contributed by atoms with E-state index in [1.54, 1.807) is 4.90 Å². The molecule has 2 N–H and O–H groups in total. The molecular weight excluding hydrogens is 232 g/mol. The molecule has 0 bridgehead atoms. The second kappa shape index (κ2) is 6.18. The molecule has 2 atom stereocenters. The van der Waals surface area contributed by atoms with Crippen molar-refractivity contribution in [2.24, 2.45) is 0 Å². The van der Waals surface area contributed by atoms with E-state index in [9.17, 15) is 9.59 Å². The minimum Gasteiger partial charge on any atom is -0.481 e. The minimum absolute atomic E-state index is 0.0818. The molecule has 2 saturated heterocycles. The average Bonchev–Trinajstić information content (AvgIpc) is 2.63. The number of amides is 1. The summed E-state index contributed by atoms with van der Waals surface area (Å²) in [5.74, 6) is -0.700. The van der Waals surface area contributed by atoms with Crippen molar-refractivity contribution in [3.8, 4) is 0 Å². The second-order valence-corrected chi connectivity index (χ2v) is 5.28. The Kier molecular flexibility index (Phi) is 4.58. The summed E-state index contributed by atoms with van der Waals surface area (Å²) in [7, 11) is 0. The lowest BCUT2D eigenvalue weighted by Gasteiger charge is -2.28. The summed E-state index contributed by atoms with van der Waals surface area (Å²) in [6.07, 6.45) is 6.10. The highest BCUT2D eigenvalue weighted by atomic mass is 16.4. The zero-order chi connectivity index (χ0) is 13.0. The third-order valence-corrected chi connectivity index (χ3v) is 3.93. The molecule has 2 aliphatic heterocycles. The zero-order valence-corrected chi connectivity index (χ0v) is 10.7. The third-order valence-electron chi connectivity index (χ3n) is 3.93. The van der Waals surface area contributed by atoms with Crippen LogP contribution in [0.3, 0.4) is 0 Å². The van der Waals surface area contributed by atoms with Crippen molar-refractivity contribution in [2.45, 2.75) is 57.0 Å². The standard InChI is InChI=1S/C13H22N2O3/c16-12(17)9-10-5-4-8-15(10)13(18)11-6-2-1-3-7-14-11/h10-11,14H,1-9H2,(H,16,17). The van der Waals surface area contributed by atoms with Crippen LogP contribution in [0.15, 0.2) is 0 Å². The number of rotatable bonds is 3. The number of likely N-dealkylation sites (tertiary alicyclic amines) is 1. The predicted octanol–water partition coefficient (Wildman–Crippen LogP) is 0.984. The maximum Gasteiger partial charge on any atom is 0.305 e. The van der Waals surface area contributed by atoms with Gasteiger partial charge in [-0.05, 0) is 32.2 Å². The molecule has 5 nitrogen and oxygen atoms in total. The molecule has 18 heavy (non-hydrogen) atoms. The van der Waals surface area contributed by atoms with E-state index < -0.39 is 5.97 Å². The largest absolute Gasteiger partial charge is 0.481 e. The van der Waals surface area contributed by atoms with E-state index in [4.69, 9.17) is 5.11 Å². The fourth-order valence-corrected chi connectivity index (χ4v) is 2.98. The zero-order valence-electron chi connectivity index (χ0n) is 10.7. The summed E-state index contributed by atoms with van der Waals surface area (Å²) in [5.41, 5.74) is 0. The van der Waals surface area contributed by atoms with E-state index in [1.165, 1.54) is 6.42 Å². The number of nitrogens with zero attached hydrogens (tertiary/aromatic N) is 1. The highest BCUT2D eigenvalue weighted by Crippen LogP contribution is 2.22. The number of carboxylic acid groups (broad SMARTS) is 1. The van der Waals surface area contributed by atoms with E-state index in [1.807, 2.05) is 0 Å². The van der Waals surface area contributed by atoms with Gasteiger partial charge < -0.3 is 15.3 Å². The van der Waals surface area contributed by atoms with Crippen LogP contribution in [0.4, 0.5) is 0 Å². The maximum atomic E-state index is 12.4. The first-order valence-corrected chi connectivity index (χ1v) is 6.94. The number of hydrogen-bond acceptors (Lipinski definition) is 3. The van der Waals surface area contributed by atoms with Crippen LogP contribution >= 0.6 is 0 Å². The Labute approximate surface area is 108 Å². The molecule has 2 heterocycles. The van der Waals surface area contributed by atoms with Crippen molar-refractivity contribution in [3.63, 3.8) is 0 Å². The van der Waals surface area contributed by atoms with Crippen LogP contribution in [-0.4, -0.2) is 47.1 Å². The van der Waals surface area contributed by atoms with Crippen molar-refractivity contribution in [2.75, 3.05) is 13.1 Å². The van der Waals surface area contributed by atoms with Crippen molar-refractivity contribution in [1.82, 2.24) is 10.2 Å². The van der Waals surface area contributed by atoms with Gasteiger partial charge in [-0.3, -0.25) is 9.59 Å². The number of hydrogen-bond donors (Lipinski definition) is 2. The predicted molar refractivity (Wildman–Crippen MR) is 67.2 cm³/mol. The van der Waals surface area contributed by atoms with Crippen LogP contribution in [0.25, 0.3) is 0 Å². The highest BCUT2D eigenvalue weighted by Gasteiger charge is 2.34. The van der Waals surface area contributed by atoms with Gasteiger partial charge in [-0.1, -0.05) is 12.8 Å². The van der Waals surface area contributed by atoms with Gasteiger partial charge in [0.05, 0.1) is 12.5 Å². The van der Waals surface area contributed by atoms with Gasteiger partial charge in [0.25, 0.3) is 0 Å². The van der Waals surface area contributed by atoms with Crippen molar-refractivity contribution >= 4 is 11.9 Å². The highest BCUT2D eigenvalue weighted by molar-refractivity contribution is 5.83. The molecule has 2 aliphatic rings. The van der Waals surface area contributed by atoms with E-state index in [-0.39, 0.29) is 24.4 Å². The normalized spacial score (nSPS) is 29.0. The minimum atomic E-state index is -0.812. The van der Waals surface area contributed by atoms with Crippen LogP contribution in [0, 0.1) is 0 Å². The first kappa shape index (κ1) is 13.3. The Morgan fingerprint density at radius 3 is 2.78 bits per heavy atom. The summed E-state index contributed by atoms with van der Waals surface area (Å²) in [4.78, 5) is 25.0. The molecule has 1 amide bonds. The summed E-state index contributed by atoms with van der Waals surface area (Å²) < 4.78 is 0. The monoisotopic (exact) mass is 254 g/mol. The lowest BCUT2D eigenvalue weighted by molar-refractivity contribution is -0.140. The topological polar surface area (TPSA) is 69.6 Å². The first-order chi connectivity index (χ1) is 8.68.